The van der Waals surface area contributed by atoms with Crippen LogP contribution in [0.15, 0.2) is 36.4 Å². The number of benzene rings is 2. The highest BCUT2D eigenvalue weighted by Crippen LogP contribution is 2.29. The molecule has 0 bridgehead atoms. The maximum absolute atomic E-state index is 12.3. The van der Waals surface area contributed by atoms with E-state index in [1.165, 1.54) is 19.2 Å². The molecule has 1 amide bonds. The lowest BCUT2D eigenvalue weighted by atomic mass is 10.0. The zero-order valence-corrected chi connectivity index (χ0v) is 16.6. The minimum absolute atomic E-state index is 0. The van der Waals surface area contributed by atoms with Crippen molar-refractivity contribution in [2.24, 2.45) is 0 Å². The van der Waals surface area contributed by atoms with Crippen LogP contribution in [0.25, 0.3) is 0 Å². The first-order chi connectivity index (χ1) is 11.9. The van der Waals surface area contributed by atoms with Gasteiger partial charge in [-0.15, -0.1) is 12.4 Å². The van der Waals surface area contributed by atoms with Crippen molar-refractivity contribution in [2.45, 2.75) is 19.8 Å². The molecule has 0 aliphatic heterocycles. The molecule has 5 nitrogen and oxygen atoms in total. The van der Waals surface area contributed by atoms with Crippen LogP contribution in [0.5, 0.6) is 11.5 Å². The summed E-state index contributed by atoms with van der Waals surface area (Å²) >= 11 is 5.99. The van der Waals surface area contributed by atoms with E-state index in [2.05, 4.69) is 19.2 Å². The highest BCUT2D eigenvalue weighted by molar-refractivity contribution is 6.33. The fraction of sp³-hybridized carbons (Fsp3) is 0.316. The zero-order chi connectivity index (χ0) is 18.4. The quantitative estimate of drug-likeness (QED) is 0.538. The molecular formula is C19H24Cl2N2O3. The minimum atomic E-state index is -0.292. The van der Waals surface area contributed by atoms with Crippen molar-refractivity contribution in [1.82, 2.24) is 5.32 Å². The smallest absolute Gasteiger partial charge is 0.255 e. The lowest BCUT2D eigenvalue weighted by Gasteiger charge is -2.14. The monoisotopic (exact) mass is 398 g/mol. The summed E-state index contributed by atoms with van der Waals surface area (Å²) in [5.74, 6) is 1.29. The number of halogens is 2. The number of rotatable bonds is 7. The van der Waals surface area contributed by atoms with Gasteiger partial charge in [-0.05, 0) is 23.6 Å². The zero-order valence-electron chi connectivity index (χ0n) is 15.0. The predicted molar refractivity (Wildman–Crippen MR) is 108 cm³/mol. The van der Waals surface area contributed by atoms with Gasteiger partial charge in [0, 0.05) is 6.07 Å². The third-order valence-corrected chi connectivity index (χ3v) is 4.08. The number of nitrogens with two attached hydrogens (primary N) is 1. The van der Waals surface area contributed by atoms with Gasteiger partial charge in [-0.2, -0.15) is 0 Å². The summed E-state index contributed by atoms with van der Waals surface area (Å²) in [7, 11) is 1.48. The van der Waals surface area contributed by atoms with Crippen LogP contribution in [0.3, 0.4) is 0 Å². The number of nitrogens with one attached hydrogen (secondary N) is 1. The number of carbonyl (C=O) groups is 1. The Morgan fingerprint density at radius 1 is 1.23 bits per heavy atom. The molecule has 0 aromatic heterocycles. The Morgan fingerprint density at radius 3 is 2.58 bits per heavy atom. The van der Waals surface area contributed by atoms with Gasteiger partial charge in [0.25, 0.3) is 5.91 Å². The van der Waals surface area contributed by atoms with Gasteiger partial charge in [0.05, 0.1) is 29.9 Å². The number of hydrogen-bond donors (Lipinski definition) is 2. The van der Waals surface area contributed by atoms with Crippen molar-refractivity contribution in [1.29, 1.82) is 0 Å². The normalized spacial score (nSPS) is 10.2. The van der Waals surface area contributed by atoms with Crippen LogP contribution >= 0.6 is 24.0 Å². The number of ether oxygens (including phenoxy) is 2. The Hall–Kier alpha value is -2.11. The van der Waals surface area contributed by atoms with E-state index in [0.717, 1.165) is 11.3 Å². The van der Waals surface area contributed by atoms with Gasteiger partial charge in [0.1, 0.15) is 18.1 Å². The molecule has 0 atom stereocenters. The molecule has 7 heteroatoms. The fourth-order valence-electron chi connectivity index (χ4n) is 2.43. The predicted octanol–water partition coefficient (Wildman–Crippen LogP) is 4.28. The maximum atomic E-state index is 12.3. The Morgan fingerprint density at radius 2 is 1.92 bits per heavy atom. The maximum Gasteiger partial charge on any atom is 0.255 e. The van der Waals surface area contributed by atoms with Crippen molar-refractivity contribution < 1.29 is 14.3 Å². The SMILES string of the molecule is COc1cc(N)c(Cl)cc1C(=O)NCCOc1ccccc1C(C)C.Cl. The van der Waals surface area contributed by atoms with Crippen molar-refractivity contribution in [3.05, 3.63) is 52.5 Å². The van der Waals surface area contributed by atoms with Gasteiger partial charge in [0.15, 0.2) is 0 Å². The molecule has 2 aromatic carbocycles. The van der Waals surface area contributed by atoms with Crippen LogP contribution in [-0.2, 0) is 0 Å². The van der Waals surface area contributed by atoms with Gasteiger partial charge in [0.2, 0.25) is 0 Å². The number of amides is 1. The largest absolute Gasteiger partial charge is 0.496 e. The van der Waals surface area contributed by atoms with E-state index in [4.69, 9.17) is 26.8 Å². The molecule has 0 saturated heterocycles. The Kier molecular flexibility index (Phi) is 8.55. The molecule has 0 saturated carbocycles. The van der Waals surface area contributed by atoms with Gasteiger partial charge in [-0.1, -0.05) is 43.6 Å². The van der Waals surface area contributed by atoms with E-state index in [-0.39, 0.29) is 18.3 Å². The van der Waals surface area contributed by atoms with Crippen molar-refractivity contribution in [3.63, 3.8) is 0 Å². The number of carbonyl (C=O) groups excluding carboxylic acids is 1. The summed E-state index contributed by atoms with van der Waals surface area (Å²) in [6.45, 7) is 4.94. The lowest BCUT2D eigenvalue weighted by molar-refractivity contribution is 0.0944. The second-order valence-electron chi connectivity index (χ2n) is 5.87. The second kappa shape index (κ2) is 10.1. The standard InChI is InChI=1S/C19H23ClN2O3.ClH/c1-12(2)13-6-4-5-7-17(13)25-9-8-22-19(23)14-10-15(20)16(21)11-18(14)24-3;/h4-7,10-12H,8-9,21H2,1-3H3,(H,22,23);1H. The van der Waals surface area contributed by atoms with E-state index in [1.807, 2.05) is 24.3 Å². The summed E-state index contributed by atoms with van der Waals surface area (Å²) < 4.78 is 11.0. The van der Waals surface area contributed by atoms with E-state index < -0.39 is 0 Å². The van der Waals surface area contributed by atoms with E-state index in [0.29, 0.717) is 41.1 Å². The topological polar surface area (TPSA) is 73.6 Å². The van der Waals surface area contributed by atoms with Crippen molar-refractivity contribution >= 4 is 35.6 Å². The molecule has 0 aliphatic rings. The van der Waals surface area contributed by atoms with Crippen LogP contribution in [-0.4, -0.2) is 26.2 Å². The molecule has 0 radical (unpaired) electrons. The third kappa shape index (κ3) is 5.44. The molecule has 0 unspecified atom stereocenters. The minimum Gasteiger partial charge on any atom is -0.496 e. The molecule has 0 fully saturated rings. The first-order valence-corrected chi connectivity index (χ1v) is 8.44. The van der Waals surface area contributed by atoms with Gasteiger partial charge in [-0.25, -0.2) is 0 Å². The van der Waals surface area contributed by atoms with E-state index >= 15 is 0 Å². The number of hydrogen-bond acceptors (Lipinski definition) is 4. The van der Waals surface area contributed by atoms with Crippen LogP contribution in [0.4, 0.5) is 5.69 Å². The average Bonchev–Trinajstić information content (AvgIpc) is 2.60. The number of anilines is 1. The second-order valence-corrected chi connectivity index (χ2v) is 6.28. The van der Waals surface area contributed by atoms with Crippen molar-refractivity contribution in [2.75, 3.05) is 26.0 Å². The Labute approximate surface area is 165 Å². The van der Waals surface area contributed by atoms with Gasteiger partial charge >= 0.3 is 0 Å². The summed E-state index contributed by atoms with van der Waals surface area (Å²) in [6, 6.07) is 10.9. The molecule has 0 spiro atoms. The molecule has 2 rings (SSSR count). The molecule has 0 aliphatic carbocycles. The van der Waals surface area contributed by atoms with E-state index in [1.54, 1.807) is 0 Å². The van der Waals surface area contributed by atoms with E-state index in [9.17, 15) is 4.79 Å². The molecule has 2 aromatic rings. The van der Waals surface area contributed by atoms with Crippen LogP contribution < -0.4 is 20.5 Å². The molecule has 0 heterocycles. The third-order valence-electron chi connectivity index (χ3n) is 3.75. The van der Waals surface area contributed by atoms with Gasteiger partial charge < -0.3 is 20.5 Å². The fourth-order valence-corrected chi connectivity index (χ4v) is 2.59. The average molecular weight is 399 g/mol. The first kappa shape index (κ1) is 21.9. The Balaban J connectivity index is 0.00000338. The summed E-state index contributed by atoms with van der Waals surface area (Å²) in [5, 5.41) is 3.11. The lowest BCUT2D eigenvalue weighted by Crippen LogP contribution is -2.28. The van der Waals surface area contributed by atoms with Crippen LogP contribution in [0.2, 0.25) is 5.02 Å². The number of para-hydroxylation sites is 1. The van der Waals surface area contributed by atoms with Crippen LogP contribution in [0, 0.1) is 0 Å². The first-order valence-electron chi connectivity index (χ1n) is 8.07. The molecule has 26 heavy (non-hydrogen) atoms. The van der Waals surface area contributed by atoms with Crippen LogP contribution in [0.1, 0.15) is 35.7 Å². The summed E-state index contributed by atoms with van der Waals surface area (Å²) in [6.07, 6.45) is 0. The van der Waals surface area contributed by atoms with Crippen molar-refractivity contribution in [3.8, 4) is 11.5 Å². The highest BCUT2D eigenvalue weighted by Gasteiger charge is 2.15. The Bertz CT molecular complexity index is 752. The number of nitrogen functional groups attached to an aromatic ring is 1. The highest BCUT2D eigenvalue weighted by atomic mass is 35.5. The molecule has 142 valence electrons. The number of methoxy groups -OCH3 is 1. The van der Waals surface area contributed by atoms with Gasteiger partial charge in [-0.3, -0.25) is 4.79 Å². The summed E-state index contributed by atoms with van der Waals surface area (Å²) in [4.78, 5) is 12.3. The molecule has 3 N–H and O–H groups in total. The molecular weight excluding hydrogens is 375 g/mol. The summed E-state index contributed by atoms with van der Waals surface area (Å²) in [5.41, 5.74) is 7.57.